The zero-order valence-electron chi connectivity index (χ0n) is 17.4. The van der Waals surface area contributed by atoms with E-state index in [2.05, 4.69) is 4.98 Å². The summed E-state index contributed by atoms with van der Waals surface area (Å²) in [4.78, 5) is 30.1. The van der Waals surface area contributed by atoms with Crippen molar-refractivity contribution in [2.24, 2.45) is 0 Å². The summed E-state index contributed by atoms with van der Waals surface area (Å²) in [6.07, 6.45) is 1.61. The molecule has 7 heteroatoms. The molecule has 0 bridgehead atoms. The second-order valence-electron chi connectivity index (χ2n) is 7.18. The van der Waals surface area contributed by atoms with Crippen molar-refractivity contribution in [1.82, 2.24) is 4.98 Å². The van der Waals surface area contributed by atoms with E-state index in [9.17, 15) is 14.7 Å². The Labute approximate surface area is 188 Å². The minimum atomic E-state index is -0.693. The van der Waals surface area contributed by atoms with Gasteiger partial charge in [0.05, 0.1) is 30.7 Å². The highest BCUT2D eigenvalue weighted by molar-refractivity contribution is 7.98. The van der Waals surface area contributed by atoms with E-state index < -0.39 is 23.1 Å². The lowest BCUT2D eigenvalue weighted by Gasteiger charge is -2.18. The van der Waals surface area contributed by atoms with Crippen LogP contribution in [0.15, 0.2) is 87.0 Å². The van der Waals surface area contributed by atoms with Gasteiger partial charge in [0, 0.05) is 22.5 Å². The third-order valence-electron chi connectivity index (χ3n) is 5.07. The van der Waals surface area contributed by atoms with Gasteiger partial charge in [0.25, 0.3) is 0 Å². The van der Waals surface area contributed by atoms with Gasteiger partial charge in [0.15, 0.2) is 5.76 Å². The molecule has 32 heavy (non-hydrogen) atoms. The summed E-state index contributed by atoms with van der Waals surface area (Å²) in [6.45, 7) is 0. The van der Waals surface area contributed by atoms with Gasteiger partial charge < -0.3 is 14.3 Å². The van der Waals surface area contributed by atoms with Gasteiger partial charge >= 0.3 is 5.97 Å². The Hall–Kier alpha value is -3.58. The van der Waals surface area contributed by atoms with Gasteiger partial charge in [-0.05, 0) is 35.9 Å². The minimum absolute atomic E-state index is 0.0507. The van der Waals surface area contributed by atoms with Crippen molar-refractivity contribution in [2.45, 2.75) is 23.0 Å². The van der Waals surface area contributed by atoms with Crippen LogP contribution in [0.2, 0.25) is 0 Å². The lowest BCUT2D eigenvalue weighted by Crippen LogP contribution is -2.14. The van der Waals surface area contributed by atoms with Crippen LogP contribution in [-0.4, -0.2) is 23.2 Å². The Morgan fingerprint density at radius 1 is 1.12 bits per heavy atom. The molecule has 2 aromatic carbocycles. The number of carbonyl (C=O) groups excluding carboxylic acids is 1. The van der Waals surface area contributed by atoms with Crippen LogP contribution in [0.5, 0.6) is 5.75 Å². The fourth-order valence-corrected chi connectivity index (χ4v) is 4.26. The molecule has 0 radical (unpaired) electrons. The molecule has 0 fully saturated rings. The van der Waals surface area contributed by atoms with Crippen LogP contribution >= 0.6 is 11.8 Å². The second-order valence-corrected chi connectivity index (χ2v) is 8.23. The molecule has 2 aromatic heterocycles. The average Bonchev–Trinajstić information content (AvgIpc) is 2.83. The maximum Gasteiger partial charge on any atom is 0.306 e. The molecule has 4 aromatic rings. The topological polar surface area (TPSA) is 89.6 Å². The number of hydrogen-bond donors (Lipinski definition) is 1. The number of esters is 1. The summed E-state index contributed by atoms with van der Waals surface area (Å²) >= 11 is 1.51. The number of aromatic hydroxyl groups is 1. The summed E-state index contributed by atoms with van der Waals surface area (Å²) in [5, 5.41) is 11.4. The maximum absolute atomic E-state index is 12.5. The molecular formula is C25H21NO5S. The smallest absolute Gasteiger partial charge is 0.306 e. The van der Waals surface area contributed by atoms with E-state index in [1.165, 1.54) is 24.9 Å². The van der Waals surface area contributed by atoms with Gasteiger partial charge in [-0.25, -0.2) is 0 Å². The number of benzene rings is 2. The van der Waals surface area contributed by atoms with Crippen LogP contribution < -0.4 is 5.43 Å². The molecular weight excluding hydrogens is 426 g/mol. The highest BCUT2D eigenvalue weighted by Gasteiger charge is 2.27. The van der Waals surface area contributed by atoms with Crippen molar-refractivity contribution < 1.29 is 19.1 Å². The van der Waals surface area contributed by atoms with E-state index in [0.29, 0.717) is 17.1 Å². The van der Waals surface area contributed by atoms with Crippen molar-refractivity contribution >= 4 is 28.6 Å². The third-order valence-corrected chi connectivity index (χ3v) is 6.10. The number of aromatic nitrogens is 1. The van der Waals surface area contributed by atoms with Crippen molar-refractivity contribution in [3.63, 3.8) is 0 Å². The first-order valence-electron chi connectivity index (χ1n) is 10.0. The lowest BCUT2D eigenvalue weighted by molar-refractivity contribution is -0.140. The van der Waals surface area contributed by atoms with Crippen molar-refractivity contribution in [2.75, 3.05) is 7.11 Å². The summed E-state index contributed by atoms with van der Waals surface area (Å²) in [5.74, 6) is -0.810. The van der Waals surface area contributed by atoms with Crippen molar-refractivity contribution in [3.8, 4) is 5.75 Å². The van der Waals surface area contributed by atoms with Crippen LogP contribution in [0, 0.1) is 0 Å². The van der Waals surface area contributed by atoms with Gasteiger partial charge in [-0.2, -0.15) is 0 Å². The molecule has 162 valence electrons. The van der Waals surface area contributed by atoms with Crippen LogP contribution in [0.4, 0.5) is 0 Å². The zero-order valence-corrected chi connectivity index (χ0v) is 18.2. The van der Waals surface area contributed by atoms with Crippen LogP contribution in [0.1, 0.15) is 29.4 Å². The van der Waals surface area contributed by atoms with E-state index in [4.69, 9.17) is 9.15 Å². The Kier molecular flexibility index (Phi) is 6.56. The zero-order chi connectivity index (χ0) is 22.5. The summed E-state index contributed by atoms with van der Waals surface area (Å²) < 4.78 is 10.9. The molecule has 0 spiro atoms. The van der Waals surface area contributed by atoms with E-state index in [-0.39, 0.29) is 12.2 Å². The quantitative estimate of drug-likeness (QED) is 0.319. The number of ether oxygens (including phenoxy) is 1. The van der Waals surface area contributed by atoms with Gasteiger partial charge in [-0.15, -0.1) is 11.8 Å². The Bertz CT molecular complexity index is 1300. The predicted molar refractivity (Wildman–Crippen MR) is 123 cm³/mol. The van der Waals surface area contributed by atoms with E-state index >= 15 is 0 Å². The molecule has 0 aliphatic carbocycles. The van der Waals surface area contributed by atoms with Gasteiger partial charge in [0.1, 0.15) is 5.76 Å². The Morgan fingerprint density at radius 3 is 2.72 bits per heavy atom. The number of hydrogen-bond acceptors (Lipinski definition) is 7. The minimum Gasteiger partial charge on any atom is -0.502 e. The highest BCUT2D eigenvalue weighted by Crippen LogP contribution is 2.35. The fourth-order valence-electron chi connectivity index (χ4n) is 3.46. The first kappa shape index (κ1) is 21.6. The van der Waals surface area contributed by atoms with E-state index in [0.717, 1.165) is 15.8 Å². The number of methoxy groups -OCH3 is 1. The standard InChI is InChI=1S/C25H21NO5S/c1-30-23(28)14-20(16-9-10-21-17(12-16)6-5-11-26-21)25-24(29)22(27)13-18(31-25)15-32-19-7-3-2-4-8-19/h2-13,20,29H,14-15H2,1H3. The Balaban J connectivity index is 1.74. The molecule has 0 saturated heterocycles. The summed E-state index contributed by atoms with van der Waals surface area (Å²) in [6, 6.07) is 20.3. The average molecular weight is 448 g/mol. The molecule has 1 unspecified atom stereocenters. The number of rotatable bonds is 7. The van der Waals surface area contributed by atoms with Crippen LogP contribution in [0.3, 0.4) is 0 Å². The van der Waals surface area contributed by atoms with Crippen LogP contribution in [-0.2, 0) is 15.3 Å². The largest absolute Gasteiger partial charge is 0.502 e. The lowest BCUT2D eigenvalue weighted by atomic mass is 9.91. The first-order chi connectivity index (χ1) is 15.5. The molecule has 0 aliphatic rings. The van der Waals surface area contributed by atoms with Gasteiger partial charge in [-0.1, -0.05) is 30.3 Å². The van der Waals surface area contributed by atoms with Crippen LogP contribution in [0.25, 0.3) is 10.9 Å². The number of fused-ring (bicyclic) bond motifs is 1. The summed E-state index contributed by atoms with van der Waals surface area (Å²) in [5.41, 5.74) is 0.959. The predicted octanol–water partition coefficient (Wildman–Crippen LogP) is 4.88. The van der Waals surface area contributed by atoms with Gasteiger partial charge in [0.2, 0.25) is 11.2 Å². The molecule has 1 atom stereocenters. The highest BCUT2D eigenvalue weighted by atomic mass is 32.2. The Morgan fingerprint density at radius 2 is 1.94 bits per heavy atom. The van der Waals surface area contributed by atoms with Gasteiger partial charge in [-0.3, -0.25) is 14.6 Å². The third kappa shape index (κ3) is 4.84. The van der Waals surface area contributed by atoms with E-state index in [1.807, 2.05) is 60.7 Å². The molecule has 0 aliphatic heterocycles. The monoisotopic (exact) mass is 447 g/mol. The number of pyridine rings is 1. The van der Waals surface area contributed by atoms with E-state index in [1.54, 1.807) is 6.20 Å². The molecule has 1 N–H and O–H groups in total. The maximum atomic E-state index is 12.5. The summed E-state index contributed by atoms with van der Waals surface area (Å²) in [7, 11) is 1.30. The SMILES string of the molecule is COC(=O)CC(c1ccc2ncccc2c1)c1oc(CSc2ccccc2)cc(=O)c1O. The number of carbonyl (C=O) groups is 1. The van der Waals surface area contributed by atoms with Crippen molar-refractivity contribution in [3.05, 3.63) is 100 Å². The van der Waals surface area contributed by atoms with Crippen molar-refractivity contribution in [1.29, 1.82) is 0 Å². The normalized spacial score (nSPS) is 11.9. The molecule has 0 saturated carbocycles. The number of thioether (sulfide) groups is 1. The first-order valence-corrected chi connectivity index (χ1v) is 11.0. The molecule has 6 nitrogen and oxygen atoms in total. The number of nitrogens with zero attached hydrogens (tertiary/aromatic N) is 1. The molecule has 4 rings (SSSR count). The second kappa shape index (κ2) is 9.70. The fraction of sp³-hybridized carbons (Fsp3) is 0.160. The molecule has 2 heterocycles. The molecule has 0 amide bonds.